The van der Waals surface area contributed by atoms with Crippen molar-refractivity contribution in [3.8, 4) is 84.6 Å². The number of halogens is 9. The lowest BCUT2D eigenvalue weighted by Crippen LogP contribution is -2.11. The van der Waals surface area contributed by atoms with E-state index in [0.29, 0.717) is 79.0 Å². The summed E-state index contributed by atoms with van der Waals surface area (Å²) in [7, 11) is 0. The van der Waals surface area contributed by atoms with Crippen molar-refractivity contribution in [2.24, 2.45) is 0 Å². The van der Waals surface area contributed by atoms with Gasteiger partial charge in [0.05, 0.1) is 56.2 Å². The minimum absolute atomic E-state index is 0.0256. The van der Waals surface area contributed by atoms with Crippen LogP contribution in [-0.4, -0.2) is 24.5 Å². The number of hydrogen-bond acceptors (Lipinski definition) is 4. The fourth-order valence-electron chi connectivity index (χ4n) is 9.06. The van der Waals surface area contributed by atoms with Crippen molar-refractivity contribution in [2.45, 2.75) is 18.5 Å². The van der Waals surface area contributed by atoms with Crippen LogP contribution in [0.15, 0.2) is 206 Å². The standard InChI is InChI=1S/C59H34F9N5/c60-57(61,62)41-27-40(28-42(30-41)58(63,64)65)39-25-26-53-45(29-39)44-23-13-14-24-52(44)73(53)54-46(55-69-48(35-15-5-1-6-16-35)33-49(70-55)36-17-7-2-8-18-36)31-43(59(66,67)68)32-47(54)56-71-50(37-19-9-3-10-20-37)34-51(72-56)38-21-11-4-12-22-38/h1-34H. The minimum Gasteiger partial charge on any atom is -0.308 e. The van der Waals surface area contributed by atoms with Gasteiger partial charge in [-0.3, -0.25) is 0 Å². The monoisotopic (exact) mass is 983 g/mol. The number of nitrogens with zero attached hydrogens (tertiary/aromatic N) is 5. The van der Waals surface area contributed by atoms with Crippen molar-refractivity contribution in [3.63, 3.8) is 0 Å². The molecular formula is C59H34F9N5. The maximum absolute atomic E-state index is 15.7. The second-order valence-electron chi connectivity index (χ2n) is 17.2. The van der Waals surface area contributed by atoms with E-state index in [9.17, 15) is 26.3 Å². The van der Waals surface area contributed by atoms with Gasteiger partial charge in [0.25, 0.3) is 0 Å². The third-order valence-electron chi connectivity index (χ3n) is 12.5. The molecule has 0 bridgehead atoms. The van der Waals surface area contributed by atoms with E-state index in [0.717, 1.165) is 12.1 Å². The number of hydrogen-bond donors (Lipinski definition) is 0. The molecule has 0 fully saturated rings. The van der Waals surface area contributed by atoms with Crippen molar-refractivity contribution >= 4 is 21.8 Å². The lowest BCUT2D eigenvalue weighted by Gasteiger charge is -2.21. The normalized spacial score (nSPS) is 12.2. The van der Waals surface area contributed by atoms with E-state index in [2.05, 4.69) is 0 Å². The van der Waals surface area contributed by atoms with E-state index in [1.165, 1.54) is 18.2 Å². The minimum atomic E-state index is -5.11. The molecule has 14 heteroatoms. The van der Waals surface area contributed by atoms with Crippen LogP contribution in [0.3, 0.4) is 0 Å². The van der Waals surface area contributed by atoms with E-state index in [1.807, 2.05) is 121 Å². The maximum Gasteiger partial charge on any atom is 0.416 e. The summed E-state index contributed by atoms with van der Waals surface area (Å²) >= 11 is 0. The molecule has 0 saturated heterocycles. The molecule has 358 valence electrons. The molecule has 11 aromatic rings. The Hall–Kier alpha value is -8.91. The first kappa shape index (κ1) is 46.5. The summed E-state index contributed by atoms with van der Waals surface area (Å²) in [5.74, 6) is -0.201. The van der Waals surface area contributed by atoms with Gasteiger partial charge < -0.3 is 4.57 Å². The molecule has 0 N–H and O–H groups in total. The molecular weight excluding hydrogens is 950 g/mol. The van der Waals surface area contributed by atoms with Crippen LogP contribution in [0.25, 0.3) is 106 Å². The topological polar surface area (TPSA) is 56.5 Å². The maximum atomic E-state index is 15.7. The quantitative estimate of drug-likeness (QED) is 0.142. The highest BCUT2D eigenvalue weighted by Crippen LogP contribution is 2.46. The van der Waals surface area contributed by atoms with Crippen LogP contribution in [-0.2, 0) is 18.5 Å². The van der Waals surface area contributed by atoms with Crippen molar-refractivity contribution < 1.29 is 39.5 Å². The molecule has 0 saturated carbocycles. The summed E-state index contributed by atoms with van der Waals surface area (Å²) in [6, 6.07) is 54.4. The molecule has 5 nitrogen and oxygen atoms in total. The molecule has 11 rings (SSSR count). The van der Waals surface area contributed by atoms with Gasteiger partial charge in [0, 0.05) is 44.2 Å². The average Bonchev–Trinajstić information content (AvgIpc) is 3.73. The van der Waals surface area contributed by atoms with Crippen LogP contribution in [0.5, 0.6) is 0 Å². The van der Waals surface area contributed by atoms with Gasteiger partial charge in [-0.15, -0.1) is 0 Å². The Bertz CT molecular complexity index is 3560. The lowest BCUT2D eigenvalue weighted by atomic mass is 9.97. The highest BCUT2D eigenvalue weighted by Gasteiger charge is 2.38. The molecule has 0 aliphatic rings. The van der Waals surface area contributed by atoms with Crippen LogP contribution in [0.2, 0.25) is 0 Å². The summed E-state index contributed by atoms with van der Waals surface area (Å²) in [6.07, 6.45) is -15.2. The summed E-state index contributed by atoms with van der Waals surface area (Å²) < 4.78 is 134. The van der Waals surface area contributed by atoms with Crippen LogP contribution >= 0.6 is 0 Å². The molecule has 3 heterocycles. The smallest absolute Gasteiger partial charge is 0.308 e. The van der Waals surface area contributed by atoms with Gasteiger partial charge in [0.2, 0.25) is 0 Å². The molecule has 0 aliphatic heterocycles. The van der Waals surface area contributed by atoms with Crippen LogP contribution in [0.4, 0.5) is 39.5 Å². The number of fused-ring (bicyclic) bond motifs is 3. The molecule has 0 amide bonds. The highest BCUT2D eigenvalue weighted by atomic mass is 19.4. The Balaban J connectivity index is 1.28. The predicted molar refractivity (Wildman–Crippen MR) is 265 cm³/mol. The third kappa shape index (κ3) is 9.07. The largest absolute Gasteiger partial charge is 0.416 e. The molecule has 8 aromatic carbocycles. The van der Waals surface area contributed by atoms with Gasteiger partial charge in [-0.25, -0.2) is 19.9 Å². The van der Waals surface area contributed by atoms with Gasteiger partial charge in [-0.05, 0) is 71.8 Å². The zero-order valence-corrected chi connectivity index (χ0v) is 37.8. The van der Waals surface area contributed by atoms with Gasteiger partial charge in [-0.2, -0.15) is 39.5 Å². The van der Waals surface area contributed by atoms with Gasteiger partial charge in [0.1, 0.15) is 0 Å². The first-order chi connectivity index (χ1) is 35.1. The fraction of sp³-hybridized carbons (Fsp3) is 0.0508. The second-order valence-corrected chi connectivity index (χ2v) is 17.2. The van der Waals surface area contributed by atoms with E-state index in [1.54, 1.807) is 41.0 Å². The number of para-hydroxylation sites is 1. The summed E-state index contributed by atoms with van der Waals surface area (Å²) in [5, 5.41) is 0.843. The van der Waals surface area contributed by atoms with E-state index >= 15 is 13.2 Å². The van der Waals surface area contributed by atoms with Crippen LogP contribution in [0.1, 0.15) is 16.7 Å². The van der Waals surface area contributed by atoms with Crippen molar-refractivity contribution in [1.29, 1.82) is 0 Å². The third-order valence-corrected chi connectivity index (χ3v) is 12.5. The summed E-state index contributed by atoms with van der Waals surface area (Å²) in [5.41, 5.74) is 0.502. The van der Waals surface area contributed by atoms with Crippen molar-refractivity contribution in [1.82, 2.24) is 24.5 Å². The number of benzene rings is 8. The zero-order chi connectivity index (χ0) is 50.6. The Kier molecular flexibility index (Phi) is 11.5. The average molecular weight is 984 g/mol. The molecule has 3 aromatic heterocycles. The molecule has 0 atom stereocenters. The molecule has 73 heavy (non-hydrogen) atoms. The number of aromatic nitrogens is 5. The van der Waals surface area contributed by atoms with E-state index in [4.69, 9.17) is 19.9 Å². The SMILES string of the molecule is FC(F)(F)c1cc(-c2ccc3c(c2)c2ccccc2n3-c2c(-c3nc(-c4ccccc4)cc(-c4ccccc4)n3)cc(C(F)(F)F)cc2-c2nc(-c3ccccc3)cc(-c3ccccc3)n2)cc(C(F)(F)F)c1. The molecule has 0 aliphatic carbocycles. The van der Waals surface area contributed by atoms with Crippen LogP contribution < -0.4 is 0 Å². The van der Waals surface area contributed by atoms with Crippen molar-refractivity contribution in [3.05, 3.63) is 223 Å². The molecule has 0 spiro atoms. The predicted octanol–water partition coefficient (Wildman–Crippen LogP) is 17.1. The summed E-state index contributed by atoms with van der Waals surface area (Å²) in [6.45, 7) is 0. The zero-order valence-electron chi connectivity index (χ0n) is 37.8. The highest BCUT2D eigenvalue weighted by molar-refractivity contribution is 6.11. The Morgan fingerprint density at radius 3 is 1.04 bits per heavy atom. The van der Waals surface area contributed by atoms with Crippen molar-refractivity contribution in [2.75, 3.05) is 0 Å². The molecule has 0 radical (unpaired) electrons. The number of rotatable bonds is 8. The van der Waals surface area contributed by atoms with E-state index in [-0.39, 0.29) is 45.7 Å². The summed E-state index contributed by atoms with van der Waals surface area (Å²) in [4.78, 5) is 20.0. The molecule has 0 unspecified atom stereocenters. The lowest BCUT2D eigenvalue weighted by molar-refractivity contribution is -0.143. The Labute approximate surface area is 410 Å². The first-order valence-electron chi connectivity index (χ1n) is 22.7. The fourth-order valence-corrected chi connectivity index (χ4v) is 9.06. The van der Waals surface area contributed by atoms with Crippen LogP contribution in [0, 0.1) is 0 Å². The van der Waals surface area contributed by atoms with Gasteiger partial charge in [-0.1, -0.05) is 146 Å². The first-order valence-corrected chi connectivity index (χ1v) is 22.7. The van der Waals surface area contributed by atoms with Gasteiger partial charge >= 0.3 is 18.5 Å². The van der Waals surface area contributed by atoms with Gasteiger partial charge in [0.15, 0.2) is 11.6 Å². The Morgan fingerprint density at radius 1 is 0.288 bits per heavy atom. The second kappa shape index (κ2) is 18.0. The number of alkyl halides is 9. The van der Waals surface area contributed by atoms with E-state index < -0.39 is 35.2 Å². The Morgan fingerprint density at radius 2 is 0.644 bits per heavy atom.